The quantitative estimate of drug-likeness (QED) is 0.657. The molecule has 0 aliphatic rings. The number of carbonyl (C=O) groups excluding carboxylic acids is 1. The van der Waals surface area contributed by atoms with Gasteiger partial charge in [0.25, 0.3) is 5.91 Å². The summed E-state index contributed by atoms with van der Waals surface area (Å²) in [6.07, 6.45) is 1.55. The van der Waals surface area contributed by atoms with Gasteiger partial charge in [0, 0.05) is 6.07 Å². The molecule has 1 N–H and O–H groups in total. The van der Waals surface area contributed by atoms with Gasteiger partial charge < -0.3 is 14.2 Å². The van der Waals surface area contributed by atoms with Crippen LogP contribution in [0.1, 0.15) is 15.9 Å². The molecule has 120 valence electrons. The lowest BCUT2D eigenvalue weighted by Gasteiger charge is -2.08. The number of nitrogens with zero attached hydrogens (tertiary/aromatic N) is 1. The molecule has 23 heavy (non-hydrogen) atoms. The maximum absolute atomic E-state index is 12.1. The van der Waals surface area contributed by atoms with E-state index in [1.54, 1.807) is 38.6 Å². The third kappa shape index (κ3) is 4.23. The highest BCUT2D eigenvalue weighted by Gasteiger charge is 2.12. The number of amides is 1. The van der Waals surface area contributed by atoms with Crippen LogP contribution >= 0.6 is 0 Å². The van der Waals surface area contributed by atoms with Crippen molar-refractivity contribution in [3.05, 3.63) is 53.6 Å². The van der Waals surface area contributed by atoms with Crippen molar-refractivity contribution in [2.75, 3.05) is 21.3 Å². The summed E-state index contributed by atoms with van der Waals surface area (Å²) in [5.74, 6) is 1.42. The first-order valence-electron chi connectivity index (χ1n) is 6.87. The molecule has 0 spiro atoms. The maximum Gasteiger partial charge on any atom is 0.275 e. The fourth-order valence-corrected chi connectivity index (χ4v) is 1.90. The summed E-state index contributed by atoms with van der Waals surface area (Å²) in [6.45, 7) is 0. The number of hydrazone groups is 1. The van der Waals surface area contributed by atoms with Crippen LogP contribution in [0.25, 0.3) is 0 Å². The minimum Gasteiger partial charge on any atom is -0.497 e. The third-order valence-corrected chi connectivity index (χ3v) is 3.15. The Balaban J connectivity index is 2.05. The van der Waals surface area contributed by atoms with Gasteiger partial charge >= 0.3 is 0 Å². The number of methoxy groups -OCH3 is 3. The Labute approximate surface area is 134 Å². The Morgan fingerprint density at radius 2 is 1.61 bits per heavy atom. The van der Waals surface area contributed by atoms with Crippen LogP contribution in [0.3, 0.4) is 0 Å². The normalized spacial score (nSPS) is 10.4. The first kappa shape index (κ1) is 16.4. The van der Waals surface area contributed by atoms with E-state index in [-0.39, 0.29) is 5.91 Å². The van der Waals surface area contributed by atoms with Gasteiger partial charge in [-0.1, -0.05) is 0 Å². The molecule has 0 fully saturated rings. The molecule has 2 rings (SSSR count). The van der Waals surface area contributed by atoms with Crippen LogP contribution in [-0.2, 0) is 0 Å². The van der Waals surface area contributed by atoms with Crippen LogP contribution in [0.2, 0.25) is 0 Å². The highest BCUT2D eigenvalue weighted by molar-refractivity contribution is 5.97. The lowest BCUT2D eigenvalue weighted by atomic mass is 10.2. The van der Waals surface area contributed by atoms with Crippen molar-refractivity contribution >= 4 is 12.1 Å². The smallest absolute Gasteiger partial charge is 0.275 e. The number of rotatable bonds is 6. The van der Waals surface area contributed by atoms with E-state index in [4.69, 9.17) is 14.2 Å². The average Bonchev–Trinajstić information content (AvgIpc) is 2.61. The monoisotopic (exact) mass is 314 g/mol. The average molecular weight is 314 g/mol. The van der Waals surface area contributed by atoms with Crippen molar-refractivity contribution in [2.24, 2.45) is 5.10 Å². The van der Waals surface area contributed by atoms with Crippen LogP contribution in [0.15, 0.2) is 47.6 Å². The van der Waals surface area contributed by atoms with Gasteiger partial charge in [-0.3, -0.25) is 4.79 Å². The van der Waals surface area contributed by atoms with Crippen molar-refractivity contribution in [3.8, 4) is 17.2 Å². The second-order valence-electron chi connectivity index (χ2n) is 4.54. The Bertz CT molecular complexity index is 696. The molecular formula is C17H18N2O4. The highest BCUT2D eigenvalue weighted by Crippen LogP contribution is 2.24. The summed E-state index contributed by atoms with van der Waals surface area (Å²) in [5.41, 5.74) is 3.68. The number of carbonyl (C=O) groups is 1. The molecule has 0 saturated heterocycles. The molecule has 0 radical (unpaired) electrons. The first-order chi connectivity index (χ1) is 11.2. The molecule has 0 bridgehead atoms. The van der Waals surface area contributed by atoms with E-state index >= 15 is 0 Å². The molecule has 0 unspecified atom stereocenters. The van der Waals surface area contributed by atoms with E-state index in [1.165, 1.54) is 7.11 Å². The van der Waals surface area contributed by atoms with E-state index in [0.717, 1.165) is 11.3 Å². The summed E-state index contributed by atoms with van der Waals surface area (Å²) in [4.78, 5) is 12.1. The number of benzene rings is 2. The zero-order valence-corrected chi connectivity index (χ0v) is 13.2. The van der Waals surface area contributed by atoms with E-state index < -0.39 is 0 Å². The van der Waals surface area contributed by atoms with Crippen LogP contribution < -0.4 is 19.6 Å². The molecule has 6 heteroatoms. The van der Waals surface area contributed by atoms with Crippen LogP contribution in [0, 0.1) is 0 Å². The molecule has 2 aromatic rings. The van der Waals surface area contributed by atoms with Crippen LogP contribution in [-0.4, -0.2) is 33.5 Å². The third-order valence-electron chi connectivity index (χ3n) is 3.15. The second kappa shape index (κ2) is 7.84. The van der Waals surface area contributed by atoms with Crippen molar-refractivity contribution < 1.29 is 19.0 Å². The summed E-state index contributed by atoms with van der Waals surface area (Å²) in [5, 5.41) is 3.94. The molecule has 0 heterocycles. The molecule has 0 aromatic heterocycles. The molecule has 6 nitrogen and oxygen atoms in total. The summed E-state index contributed by atoms with van der Waals surface area (Å²) in [7, 11) is 4.64. The number of nitrogens with one attached hydrogen (secondary N) is 1. The Morgan fingerprint density at radius 1 is 0.957 bits per heavy atom. The van der Waals surface area contributed by atoms with Gasteiger partial charge in [0.15, 0.2) is 0 Å². The van der Waals surface area contributed by atoms with E-state index in [1.807, 2.05) is 24.3 Å². The Morgan fingerprint density at radius 3 is 2.22 bits per heavy atom. The zero-order chi connectivity index (χ0) is 16.7. The minimum atomic E-state index is -0.366. The largest absolute Gasteiger partial charge is 0.497 e. The summed E-state index contributed by atoms with van der Waals surface area (Å²) >= 11 is 0. The number of hydrogen-bond acceptors (Lipinski definition) is 5. The number of hydrogen-bond donors (Lipinski definition) is 1. The molecule has 1 amide bonds. The highest BCUT2D eigenvalue weighted by atomic mass is 16.5. The van der Waals surface area contributed by atoms with Gasteiger partial charge in [-0.15, -0.1) is 0 Å². The van der Waals surface area contributed by atoms with Gasteiger partial charge in [-0.2, -0.15) is 5.10 Å². The van der Waals surface area contributed by atoms with E-state index in [9.17, 15) is 4.79 Å². The Kier molecular flexibility index (Phi) is 5.57. The Hall–Kier alpha value is -3.02. The van der Waals surface area contributed by atoms with Gasteiger partial charge in [0.2, 0.25) is 0 Å². The standard InChI is InChI=1S/C17H18N2O4/c1-21-13-6-4-12(5-7-13)11-18-19-17(20)15-9-8-14(22-2)10-16(15)23-3/h4-11H,1-3H3,(H,19,20). The predicted octanol–water partition coefficient (Wildman–Crippen LogP) is 2.48. The summed E-state index contributed by atoms with van der Waals surface area (Å²) < 4.78 is 15.4. The summed E-state index contributed by atoms with van der Waals surface area (Å²) in [6, 6.07) is 12.2. The molecule has 2 aromatic carbocycles. The lowest BCUT2D eigenvalue weighted by Crippen LogP contribution is -2.18. The van der Waals surface area contributed by atoms with Crippen LogP contribution in [0.5, 0.6) is 17.2 Å². The number of ether oxygens (including phenoxy) is 3. The molecule has 0 aliphatic carbocycles. The van der Waals surface area contributed by atoms with Crippen molar-refractivity contribution in [3.63, 3.8) is 0 Å². The van der Waals surface area contributed by atoms with Crippen LogP contribution in [0.4, 0.5) is 0 Å². The topological polar surface area (TPSA) is 69.2 Å². The van der Waals surface area contributed by atoms with Gasteiger partial charge in [0.1, 0.15) is 17.2 Å². The SMILES string of the molecule is COc1ccc(C=NNC(=O)c2ccc(OC)cc2OC)cc1. The van der Waals surface area contributed by atoms with Gasteiger partial charge in [0.05, 0.1) is 33.1 Å². The maximum atomic E-state index is 12.1. The molecular weight excluding hydrogens is 296 g/mol. The lowest BCUT2D eigenvalue weighted by molar-refractivity contribution is 0.0952. The molecule has 0 aliphatic heterocycles. The van der Waals surface area contributed by atoms with Crippen molar-refractivity contribution in [1.29, 1.82) is 0 Å². The van der Waals surface area contributed by atoms with Crippen molar-refractivity contribution in [1.82, 2.24) is 5.43 Å². The van der Waals surface area contributed by atoms with E-state index in [2.05, 4.69) is 10.5 Å². The fraction of sp³-hybridized carbons (Fsp3) is 0.176. The van der Waals surface area contributed by atoms with Gasteiger partial charge in [-0.25, -0.2) is 5.43 Å². The predicted molar refractivity (Wildman–Crippen MR) is 87.6 cm³/mol. The zero-order valence-electron chi connectivity index (χ0n) is 13.2. The van der Waals surface area contributed by atoms with Gasteiger partial charge in [-0.05, 0) is 42.0 Å². The van der Waals surface area contributed by atoms with E-state index in [0.29, 0.717) is 17.1 Å². The van der Waals surface area contributed by atoms with Crippen molar-refractivity contribution in [2.45, 2.75) is 0 Å². The molecule has 0 saturated carbocycles. The minimum absolute atomic E-state index is 0.366. The fourth-order valence-electron chi connectivity index (χ4n) is 1.90. The second-order valence-corrected chi connectivity index (χ2v) is 4.54. The molecule has 0 atom stereocenters. The first-order valence-corrected chi connectivity index (χ1v) is 6.87.